The summed E-state index contributed by atoms with van der Waals surface area (Å²) in [6.45, 7) is 8.35. The van der Waals surface area contributed by atoms with E-state index < -0.39 is 11.2 Å². The highest BCUT2D eigenvalue weighted by atomic mass is 16.2. The summed E-state index contributed by atoms with van der Waals surface area (Å²) >= 11 is 0. The Morgan fingerprint density at radius 2 is 1.88 bits per heavy atom. The van der Waals surface area contributed by atoms with E-state index in [-0.39, 0.29) is 17.8 Å². The lowest BCUT2D eigenvalue weighted by Gasteiger charge is -2.11. The first kappa shape index (κ1) is 20.1. The molecule has 25 heavy (non-hydrogen) atoms. The summed E-state index contributed by atoms with van der Waals surface area (Å²) in [6, 6.07) is 0. The van der Waals surface area contributed by atoms with Gasteiger partial charge in [0, 0.05) is 25.4 Å². The number of aromatic nitrogens is 5. The standard InChI is InChI=1S/C13H20N8O2.C2H6/c1-4-5-6-16-11-17-10(14)18-12(19-11)20-7-8(2)9(22)21(15-3)13(20)23;1-2/h7,15H,4-6H2,1-3H3,(H3,14,16,17,18,19);1-2H3. The Morgan fingerprint density at radius 1 is 1.20 bits per heavy atom. The lowest BCUT2D eigenvalue weighted by Crippen LogP contribution is -2.44. The van der Waals surface area contributed by atoms with Crippen molar-refractivity contribution in [2.24, 2.45) is 0 Å². The molecule has 0 aliphatic heterocycles. The first-order chi connectivity index (χ1) is 12.0. The summed E-state index contributed by atoms with van der Waals surface area (Å²) < 4.78 is 2.02. The van der Waals surface area contributed by atoms with E-state index in [1.54, 1.807) is 6.92 Å². The SMILES string of the molecule is CC.CCCCNc1nc(N)nc(-n2cc(C)c(=O)n(NC)c2=O)n1. The van der Waals surface area contributed by atoms with E-state index in [1.165, 1.54) is 13.2 Å². The van der Waals surface area contributed by atoms with Gasteiger partial charge in [-0.3, -0.25) is 4.79 Å². The number of rotatable bonds is 6. The van der Waals surface area contributed by atoms with Gasteiger partial charge in [0.05, 0.1) is 0 Å². The van der Waals surface area contributed by atoms with Crippen LogP contribution in [0.4, 0.5) is 11.9 Å². The van der Waals surface area contributed by atoms with Gasteiger partial charge in [-0.05, 0) is 13.3 Å². The van der Waals surface area contributed by atoms with Crippen LogP contribution in [0.1, 0.15) is 39.2 Å². The van der Waals surface area contributed by atoms with Crippen LogP contribution in [0.5, 0.6) is 0 Å². The van der Waals surface area contributed by atoms with E-state index in [2.05, 4.69) is 32.6 Å². The van der Waals surface area contributed by atoms with Crippen molar-refractivity contribution in [2.45, 2.75) is 40.5 Å². The van der Waals surface area contributed by atoms with Crippen LogP contribution >= 0.6 is 0 Å². The summed E-state index contributed by atoms with van der Waals surface area (Å²) in [6.07, 6.45) is 3.35. The third-order valence-corrected chi connectivity index (χ3v) is 3.15. The lowest BCUT2D eigenvalue weighted by atomic mass is 10.3. The van der Waals surface area contributed by atoms with E-state index >= 15 is 0 Å². The monoisotopic (exact) mass is 350 g/mol. The quantitative estimate of drug-likeness (QED) is 0.641. The van der Waals surface area contributed by atoms with Crippen molar-refractivity contribution >= 4 is 11.9 Å². The van der Waals surface area contributed by atoms with E-state index in [0.717, 1.165) is 22.1 Å². The minimum absolute atomic E-state index is 0.0132. The van der Waals surface area contributed by atoms with Gasteiger partial charge in [0.1, 0.15) is 0 Å². The van der Waals surface area contributed by atoms with Gasteiger partial charge in [-0.15, -0.1) is 0 Å². The van der Waals surface area contributed by atoms with Gasteiger partial charge >= 0.3 is 5.69 Å². The Morgan fingerprint density at radius 3 is 2.48 bits per heavy atom. The van der Waals surface area contributed by atoms with Gasteiger partial charge in [-0.2, -0.15) is 19.6 Å². The Kier molecular flexibility index (Phi) is 7.57. The van der Waals surface area contributed by atoms with Crippen molar-refractivity contribution in [3.8, 4) is 5.95 Å². The number of nitrogens with zero attached hydrogens (tertiary/aromatic N) is 5. The second kappa shape index (κ2) is 9.40. The fourth-order valence-electron chi connectivity index (χ4n) is 1.96. The van der Waals surface area contributed by atoms with Crippen molar-refractivity contribution in [3.05, 3.63) is 32.6 Å². The van der Waals surface area contributed by atoms with E-state index in [0.29, 0.717) is 12.1 Å². The molecule has 0 bridgehead atoms. The van der Waals surface area contributed by atoms with Crippen LogP contribution in [0.2, 0.25) is 0 Å². The van der Waals surface area contributed by atoms with Gasteiger partial charge in [0.25, 0.3) is 5.56 Å². The number of aryl methyl sites for hydroxylation is 1. The largest absolute Gasteiger partial charge is 0.368 e. The molecule has 0 aliphatic carbocycles. The zero-order chi connectivity index (χ0) is 19.0. The third kappa shape index (κ3) is 4.78. The zero-order valence-electron chi connectivity index (χ0n) is 15.3. The summed E-state index contributed by atoms with van der Waals surface area (Å²) in [5, 5.41) is 3.03. The molecule has 10 nitrogen and oxygen atoms in total. The van der Waals surface area contributed by atoms with Gasteiger partial charge in [-0.25, -0.2) is 9.36 Å². The Bertz CT molecular complexity index is 812. The number of anilines is 2. The molecule has 2 aromatic rings. The molecule has 2 rings (SSSR count). The molecule has 0 amide bonds. The van der Waals surface area contributed by atoms with Crippen molar-refractivity contribution in [2.75, 3.05) is 30.1 Å². The number of hydrogen-bond acceptors (Lipinski definition) is 8. The predicted molar refractivity (Wildman–Crippen MR) is 98.9 cm³/mol. The van der Waals surface area contributed by atoms with Gasteiger partial charge in [0.15, 0.2) is 0 Å². The maximum atomic E-state index is 12.4. The molecule has 0 aromatic carbocycles. The van der Waals surface area contributed by atoms with Crippen LogP contribution in [0.15, 0.2) is 15.8 Å². The maximum Gasteiger partial charge on any atom is 0.356 e. The minimum atomic E-state index is -0.617. The molecule has 0 unspecified atom stereocenters. The molecule has 2 aromatic heterocycles. The number of hydrogen-bond donors (Lipinski definition) is 3. The predicted octanol–water partition coefficient (Wildman–Crippen LogP) is 0.486. The molecule has 0 saturated heterocycles. The molecule has 0 aliphatic rings. The van der Waals surface area contributed by atoms with Crippen LogP contribution < -0.4 is 27.7 Å². The molecule has 0 spiro atoms. The summed E-state index contributed by atoms with van der Waals surface area (Å²) in [5.41, 5.74) is 7.54. The van der Waals surface area contributed by atoms with Crippen molar-refractivity contribution in [1.29, 1.82) is 0 Å². The van der Waals surface area contributed by atoms with Crippen LogP contribution in [0.3, 0.4) is 0 Å². The Balaban J connectivity index is 0.00000151. The maximum absolute atomic E-state index is 12.4. The number of nitrogens with one attached hydrogen (secondary N) is 2. The van der Waals surface area contributed by atoms with Crippen molar-refractivity contribution < 1.29 is 0 Å². The van der Waals surface area contributed by atoms with E-state index in [1.807, 2.05) is 13.8 Å². The molecule has 138 valence electrons. The highest BCUT2D eigenvalue weighted by Gasteiger charge is 2.13. The Labute approximate surface area is 146 Å². The molecule has 0 atom stereocenters. The number of nitrogens with two attached hydrogens (primary N) is 1. The second-order valence-corrected chi connectivity index (χ2v) is 4.93. The van der Waals surface area contributed by atoms with Crippen LogP contribution in [-0.2, 0) is 0 Å². The molecular weight excluding hydrogens is 324 g/mol. The second-order valence-electron chi connectivity index (χ2n) is 4.93. The summed E-state index contributed by atoms with van der Waals surface area (Å²) in [4.78, 5) is 36.4. The van der Waals surface area contributed by atoms with Crippen LogP contribution in [0.25, 0.3) is 5.95 Å². The number of unbranched alkanes of at least 4 members (excludes halogenated alkanes) is 1. The third-order valence-electron chi connectivity index (χ3n) is 3.15. The molecule has 10 heteroatoms. The minimum Gasteiger partial charge on any atom is -0.368 e. The first-order valence-corrected chi connectivity index (χ1v) is 8.26. The molecule has 0 fully saturated rings. The molecule has 4 N–H and O–H groups in total. The lowest BCUT2D eigenvalue weighted by molar-refractivity contribution is 0.708. The van der Waals surface area contributed by atoms with E-state index in [9.17, 15) is 9.59 Å². The van der Waals surface area contributed by atoms with Crippen LogP contribution in [-0.4, -0.2) is 37.8 Å². The highest BCUT2D eigenvalue weighted by molar-refractivity contribution is 5.35. The highest BCUT2D eigenvalue weighted by Crippen LogP contribution is 2.06. The molecule has 2 heterocycles. The van der Waals surface area contributed by atoms with Crippen LogP contribution in [0, 0.1) is 6.92 Å². The summed E-state index contributed by atoms with van der Waals surface area (Å²) in [5.74, 6) is 0.321. The summed E-state index contributed by atoms with van der Waals surface area (Å²) in [7, 11) is 1.48. The van der Waals surface area contributed by atoms with Gasteiger partial charge < -0.3 is 16.5 Å². The fourth-order valence-corrected chi connectivity index (χ4v) is 1.96. The normalized spacial score (nSPS) is 9.96. The van der Waals surface area contributed by atoms with E-state index in [4.69, 9.17) is 5.73 Å². The van der Waals surface area contributed by atoms with Crippen molar-refractivity contribution in [1.82, 2.24) is 24.2 Å². The van der Waals surface area contributed by atoms with Crippen molar-refractivity contribution in [3.63, 3.8) is 0 Å². The van der Waals surface area contributed by atoms with Gasteiger partial charge in [0.2, 0.25) is 17.8 Å². The first-order valence-electron chi connectivity index (χ1n) is 8.26. The smallest absolute Gasteiger partial charge is 0.356 e. The zero-order valence-corrected chi connectivity index (χ0v) is 15.3. The average Bonchev–Trinajstić information content (AvgIpc) is 2.60. The average molecular weight is 350 g/mol. The molecular formula is C15H26N8O2. The Hall–Kier alpha value is -2.91. The van der Waals surface area contributed by atoms with Gasteiger partial charge in [-0.1, -0.05) is 27.2 Å². The molecule has 0 radical (unpaired) electrons. The molecule has 0 saturated carbocycles. The fraction of sp³-hybridized carbons (Fsp3) is 0.533. The topological polar surface area (TPSA) is 133 Å². The number of nitrogen functional groups attached to an aromatic ring is 1.